The number of benzene rings is 1. The topological polar surface area (TPSA) is 12.0 Å². The Kier molecular flexibility index (Phi) is 4.47. The first-order valence-electron chi connectivity index (χ1n) is 6.68. The van der Waals surface area contributed by atoms with Gasteiger partial charge in [0.2, 0.25) is 0 Å². The molecule has 0 bridgehead atoms. The van der Waals surface area contributed by atoms with Gasteiger partial charge in [-0.3, -0.25) is 0 Å². The summed E-state index contributed by atoms with van der Waals surface area (Å²) in [5.41, 5.74) is 1.32. The predicted octanol–water partition coefficient (Wildman–Crippen LogP) is 4.57. The van der Waals surface area contributed by atoms with E-state index in [1.165, 1.54) is 31.2 Å². The summed E-state index contributed by atoms with van der Waals surface area (Å²) in [6.45, 7) is 4.55. The van der Waals surface area contributed by atoms with Gasteiger partial charge >= 0.3 is 0 Å². The molecule has 17 heavy (non-hydrogen) atoms. The van der Waals surface area contributed by atoms with Gasteiger partial charge in [0.05, 0.1) is 0 Å². The largest absolute Gasteiger partial charge is 0.307 e. The molecule has 0 heterocycles. The van der Waals surface area contributed by atoms with Crippen LogP contribution in [0.25, 0.3) is 0 Å². The second-order valence-corrected chi connectivity index (χ2v) is 5.71. The van der Waals surface area contributed by atoms with Gasteiger partial charge in [0.1, 0.15) is 0 Å². The van der Waals surface area contributed by atoms with Crippen molar-refractivity contribution in [3.63, 3.8) is 0 Å². The van der Waals surface area contributed by atoms with Gasteiger partial charge in [0.15, 0.2) is 0 Å². The van der Waals surface area contributed by atoms with E-state index in [1.807, 2.05) is 12.1 Å². The molecule has 2 heteroatoms. The van der Waals surface area contributed by atoms with Crippen molar-refractivity contribution in [2.24, 2.45) is 5.92 Å². The van der Waals surface area contributed by atoms with Crippen molar-refractivity contribution in [3.05, 3.63) is 34.9 Å². The van der Waals surface area contributed by atoms with E-state index >= 15 is 0 Å². The second kappa shape index (κ2) is 5.88. The maximum absolute atomic E-state index is 5.91. The molecule has 0 aliphatic heterocycles. The van der Waals surface area contributed by atoms with E-state index in [2.05, 4.69) is 31.3 Å². The second-order valence-electron chi connectivity index (χ2n) is 5.27. The smallest absolute Gasteiger partial charge is 0.0406 e. The van der Waals surface area contributed by atoms with E-state index in [9.17, 15) is 0 Å². The summed E-state index contributed by atoms with van der Waals surface area (Å²) in [5.74, 6) is 0.866. The highest BCUT2D eigenvalue weighted by Gasteiger charge is 2.22. The minimum Gasteiger partial charge on any atom is -0.307 e. The molecule has 94 valence electrons. The summed E-state index contributed by atoms with van der Waals surface area (Å²) >= 11 is 5.91. The molecular weight excluding hydrogens is 230 g/mol. The lowest BCUT2D eigenvalue weighted by Crippen LogP contribution is -2.34. The van der Waals surface area contributed by atoms with Crippen LogP contribution in [0.15, 0.2) is 24.3 Å². The number of rotatable bonds is 4. The predicted molar refractivity (Wildman–Crippen MR) is 74.4 cm³/mol. The number of halogens is 1. The maximum Gasteiger partial charge on any atom is 0.0406 e. The Bertz CT molecular complexity index is 340. The highest BCUT2D eigenvalue weighted by Crippen LogP contribution is 2.28. The van der Waals surface area contributed by atoms with E-state index in [4.69, 9.17) is 11.6 Å². The minimum absolute atomic E-state index is 0.405. The highest BCUT2D eigenvalue weighted by molar-refractivity contribution is 6.30. The first-order chi connectivity index (χ1) is 8.16. The average molecular weight is 252 g/mol. The van der Waals surface area contributed by atoms with Crippen molar-refractivity contribution in [1.29, 1.82) is 0 Å². The molecule has 1 unspecified atom stereocenters. The zero-order chi connectivity index (χ0) is 12.3. The Hall–Kier alpha value is -0.530. The van der Waals surface area contributed by atoms with Gasteiger partial charge in [-0.25, -0.2) is 0 Å². The van der Waals surface area contributed by atoms with E-state index in [0.717, 1.165) is 10.9 Å². The number of hydrogen-bond donors (Lipinski definition) is 1. The third kappa shape index (κ3) is 3.46. The third-order valence-corrected chi connectivity index (χ3v) is 4.24. The molecule has 2 rings (SSSR count). The molecule has 2 atom stereocenters. The molecule has 1 aliphatic rings. The van der Waals surface area contributed by atoms with Crippen LogP contribution in [-0.2, 0) is 0 Å². The van der Waals surface area contributed by atoms with Crippen molar-refractivity contribution >= 4 is 11.6 Å². The van der Waals surface area contributed by atoms with Gasteiger partial charge in [-0.05, 0) is 50.3 Å². The van der Waals surface area contributed by atoms with Gasteiger partial charge in [-0.15, -0.1) is 0 Å². The molecular formula is C15H22ClN. The van der Waals surface area contributed by atoms with Gasteiger partial charge < -0.3 is 5.32 Å². The molecule has 1 aliphatic carbocycles. The molecule has 0 aromatic heterocycles. The normalized spacial score (nSPS) is 20.4. The molecule has 0 amide bonds. The van der Waals surface area contributed by atoms with Crippen LogP contribution in [0.3, 0.4) is 0 Å². The van der Waals surface area contributed by atoms with E-state index in [1.54, 1.807) is 0 Å². The average Bonchev–Trinajstić information content (AvgIpc) is 2.83. The molecule has 1 N–H and O–H groups in total. The molecule has 1 aromatic carbocycles. The Labute approximate surface area is 110 Å². The van der Waals surface area contributed by atoms with Crippen molar-refractivity contribution in [2.75, 3.05) is 0 Å². The summed E-state index contributed by atoms with van der Waals surface area (Å²) < 4.78 is 0. The third-order valence-electron chi connectivity index (χ3n) is 3.99. The summed E-state index contributed by atoms with van der Waals surface area (Å²) in [5, 5.41) is 4.52. The van der Waals surface area contributed by atoms with E-state index in [0.29, 0.717) is 12.1 Å². The van der Waals surface area contributed by atoms with Crippen LogP contribution in [-0.4, -0.2) is 6.04 Å². The summed E-state index contributed by atoms with van der Waals surface area (Å²) in [6.07, 6.45) is 5.60. The lowest BCUT2D eigenvalue weighted by molar-refractivity contribution is 0.352. The Balaban J connectivity index is 1.91. The molecule has 0 radical (unpaired) electrons. The fraction of sp³-hybridized carbons (Fsp3) is 0.600. The highest BCUT2D eigenvalue weighted by atomic mass is 35.5. The van der Waals surface area contributed by atoms with Gasteiger partial charge in [0, 0.05) is 17.1 Å². The Morgan fingerprint density at radius 1 is 1.12 bits per heavy atom. The Morgan fingerprint density at radius 2 is 1.71 bits per heavy atom. The van der Waals surface area contributed by atoms with E-state index in [-0.39, 0.29) is 0 Å². The first kappa shape index (κ1) is 12.9. The van der Waals surface area contributed by atoms with Crippen LogP contribution in [0, 0.1) is 5.92 Å². The van der Waals surface area contributed by atoms with E-state index < -0.39 is 0 Å². The zero-order valence-electron chi connectivity index (χ0n) is 10.7. The van der Waals surface area contributed by atoms with Crippen LogP contribution < -0.4 is 5.32 Å². The SMILES string of the molecule is CC(N[C@@H](C)C1CCCC1)c1ccc(Cl)cc1. The first-order valence-corrected chi connectivity index (χ1v) is 7.06. The summed E-state index contributed by atoms with van der Waals surface area (Å²) in [6, 6.07) is 9.18. The zero-order valence-corrected chi connectivity index (χ0v) is 11.5. The lowest BCUT2D eigenvalue weighted by Gasteiger charge is -2.25. The van der Waals surface area contributed by atoms with Gasteiger partial charge in [-0.1, -0.05) is 36.6 Å². The molecule has 1 aromatic rings. The van der Waals surface area contributed by atoms with Gasteiger partial charge in [0.25, 0.3) is 0 Å². The summed E-state index contributed by atoms with van der Waals surface area (Å²) in [4.78, 5) is 0. The minimum atomic E-state index is 0.405. The molecule has 0 saturated heterocycles. The monoisotopic (exact) mass is 251 g/mol. The van der Waals surface area contributed by atoms with Crippen LogP contribution in [0.5, 0.6) is 0 Å². The van der Waals surface area contributed by atoms with Crippen LogP contribution >= 0.6 is 11.6 Å². The standard InChI is InChI=1S/C15H22ClN/c1-11(13-5-3-4-6-13)17-12(2)14-7-9-15(16)10-8-14/h7-13,17H,3-6H2,1-2H3/t11-,12?/m0/s1. The fourth-order valence-electron chi connectivity index (χ4n) is 2.84. The molecule has 1 fully saturated rings. The van der Waals surface area contributed by atoms with Crippen molar-refractivity contribution < 1.29 is 0 Å². The number of hydrogen-bond acceptors (Lipinski definition) is 1. The molecule has 0 spiro atoms. The van der Waals surface area contributed by atoms with Crippen molar-refractivity contribution in [2.45, 2.75) is 51.6 Å². The number of nitrogens with one attached hydrogen (secondary N) is 1. The van der Waals surface area contributed by atoms with Crippen LogP contribution in [0.2, 0.25) is 5.02 Å². The Morgan fingerprint density at radius 3 is 2.29 bits per heavy atom. The lowest BCUT2D eigenvalue weighted by atomic mass is 9.98. The maximum atomic E-state index is 5.91. The van der Waals surface area contributed by atoms with Crippen LogP contribution in [0.4, 0.5) is 0 Å². The molecule has 1 saturated carbocycles. The molecule has 1 nitrogen and oxygen atoms in total. The summed E-state index contributed by atoms with van der Waals surface area (Å²) in [7, 11) is 0. The fourth-order valence-corrected chi connectivity index (χ4v) is 2.96. The van der Waals surface area contributed by atoms with Crippen molar-refractivity contribution in [3.8, 4) is 0 Å². The quantitative estimate of drug-likeness (QED) is 0.827. The van der Waals surface area contributed by atoms with Gasteiger partial charge in [-0.2, -0.15) is 0 Å². The van der Waals surface area contributed by atoms with Crippen LogP contribution in [0.1, 0.15) is 51.1 Å². The van der Waals surface area contributed by atoms with Crippen molar-refractivity contribution in [1.82, 2.24) is 5.32 Å².